The zero-order valence-electron chi connectivity index (χ0n) is 10.7. The van der Waals surface area contributed by atoms with Crippen LogP contribution in [0.5, 0.6) is 5.75 Å². The van der Waals surface area contributed by atoms with E-state index in [1.807, 2.05) is 31.2 Å². The maximum Gasteiger partial charge on any atom is 0.326 e. The van der Waals surface area contributed by atoms with Crippen LogP contribution in [0.1, 0.15) is 25.3 Å². The molecule has 0 spiro atoms. The zero-order chi connectivity index (χ0) is 13.1. The van der Waals surface area contributed by atoms with Gasteiger partial charge in [-0.05, 0) is 24.6 Å². The summed E-state index contributed by atoms with van der Waals surface area (Å²) in [5, 5.41) is 0. The fourth-order valence-corrected chi connectivity index (χ4v) is 1.65. The molecule has 4 heteroatoms. The first-order valence-corrected chi connectivity index (χ1v) is 5.44. The molecule has 4 nitrogen and oxygen atoms in total. The zero-order valence-corrected chi connectivity index (χ0v) is 10.7. The molecule has 94 valence electrons. The maximum atomic E-state index is 11.6. The van der Waals surface area contributed by atoms with Gasteiger partial charge in [0.2, 0.25) is 0 Å². The quantitative estimate of drug-likeness (QED) is 0.809. The highest BCUT2D eigenvalue weighted by Gasteiger charge is 2.36. The van der Waals surface area contributed by atoms with Crippen LogP contribution in [0, 0.1) is 0 Å². The van der Waals surface area contributed by atoms with Crippen molar-refractivity contribution in [3.63, 3.8) is 0 Å². The monoisotopic (exact) mass is 237 g/mol. The van der Waals surface area contributed by atoms with Crippen LogP contribution in [0.3, 0.4) is 0 Å². The molecule has 1 rings (SSSR count). The van der Waals surface area contributed by atoms with Gasteiger partial charge in [0.15, 0.2) is 0 Å². The largest absolute Gasteiger partial charge is 0.497 e. The Morgan fingerprint density at radius 1 is 1.41 bits per heavy atom. The molecule has 2 unspecified atom stereocenters. The van der Waals surface area contributed by atoms with E-state index in [-0.39, 0.29) is 5.92 Å². The number of carbonyl (C=O) groups is 1. The molecular formula is C13H19NO3. The van der Waals surface area contributed by atoms with Crippen molar-refractivity contribution in [3.05, 3.63) is 29.8 Å². The third-order valence-electron chi connectivity index (χ3n) is 3.12. The first-order chi connectivity index (χ1) is 7.93. The van der Waals surface area contributed by atoms with Crippen LogP contribution >= 0.6 is 0 Å². The van der Waals surface area contributed by atoms with Crippen LogP contribution < -0.4 is 10.5 Å². The van der Waals surface area contributed by atoms with Gasteiger partial charge in [-0.2, -0.15) is 0 Å². The summed E-state index contributed by atoms with van der Waals surface area (Å²) in [4.78, 5) is 11.6. The summed E-state index contributed by atoms with van der Waals surface area (Å²) in [5.41, 5.74) is 5.91. The number of methoxy groups -OCH3 is 2. The summed E-state index contributed by atoms with van der Waals surface area (Å²) >= 11 is 0. The number of hydrogen-bond donors (Lipinski definition) is 1. The van der Waals surface area contributed by atoms with Crippen molar-refractivity contribution >= 4 is 5.97 Å². The van der Waals surface area contributed by atoms with Gasteiger partial charge in [0.25, 0.3) is 0 Å². The van der Waals surface area contributed by atoms with E-state index in [0.29, 0.717) is 0 Å². The lowest BCUT2D eigenvalue weighted by Crippen LogP contribution is -2.50. The smallest absolute Gasteiger partial charge is 0.326 e. The van der Waals surface area contributed by atoms with Crippen LogP contribution in [0.15, 0.2) is 24.3 Å². The van der Waals surface area contributed by atoms with E-state index in [1.165, 1.54) is 7.11 Å². The van der Waals surface area contributed by atoms with Crippen molar-refractivity contribution in [2.24, 2.45) is 5.73 Å². The lowest BCUT2D eigenvalue weighted by molar-refractivity contribution is -0.147. The van der Waals surface area contributed by atoms with Gasteiger partial charge in [0.1, 0.15) is 11.3 Å². The molecule has 0 aliphatic rings. The third kappa shape index (κ3) is 2.77. The van der Waals surface area contributed by atoms with Gasteiger partial charge in [-0.25, -0.2) is 0 Å². The molecule has 0 aromatic heterocycles. The van der Waals surface area contributed by atoms with E-state index in [2.05, 4.69) is 0 Å². The minimum Gasteiger partial charge on any atom is -0.497 e. The van der Waals surface area contributed by atoms with Crippen molar-refractivity contribution in [1.82, 2.24) is 0 Å². The van der Waals surface area contributed by atoms with Gasteiger partial charge in [0, 0.05) is 5.92 Å². The van der Waals surface area contributed by atoms with Gasteiger partial charge in [-0.15, -0.1) is 0 Å². The molecule has 17 heavy (non-hydrogen) atoms. The fraction of sp³-hybridized carbons (Fsp3) is 0.462. The number of carbonyl (C=O) groups excluding carboxylic acids is 1. The highest BCUT2D eigenvalue weighted by Crippen LogP contribution is 2.29. The lowest BCUT2D eigenvalue weighted by atomic mass is 9.82. The molecule has 0 fully saturated rings. The maximum absolute atomic E-state index is 11.6. The average molecular weight is 237 g/mol. The van der Waals surface area contributed by atoms with E-state index < -0.39 is 11.5 Å². The number of benzene rings is 1. The minimum atomic E-state index is -1.05. The minimum absolute atomic E-state index is 0.162. The third-order valence-corrected chi connectivity index (χ3v) is 3.12. The van der Waals surface area contributed by atoms with Crippen LogP contribution in [-0.4, -0.2) is 25.7 Å². The topological polar surface area (TPSA) is 61.5 Å². The standard InChI is InChI=1S/C13H19NO3/c1-9(13(2,14)12(15)17-4)10-6-5-7-11(8-10)16-3/h5-9H,14H2,1-4H3. The Morgan fingerprint density at radius 3 is 2.59 bits per heavy atom. The number of hydrogen-bond acceptors (Lipinski definition) is 4. The molecule has 0 aliphatic heterocycles. The summed E-state index contributed by atoms with van der Waals surface area (Å²) in [7, 11) is 2.94. The van der Waals surface area contributed by atoms with E-state index in [1.54, 1.807) is 14.0 Å². The molecule has 0 radical (unpaired) electrons. The second-order valence-electron chi connectivity index (χ2n) is 4.27. The fourth-order valence-electron chi connectivity index (χ4n) is 1.65. The van der Waals surface area contributed by atoms with E-state index in [0.717, 1.165) is 11.3 Å². The van der Waals surface area contributed by atoms with Crippen molar-refractivity contribution in [3.8, 4) is 5.75 Å². The molecule has 0 amide bonds. The van der Waals surface area contributed by atoms with E-state index >= 15 is 0 Å². The second-order valence-corrected chi connectivity index (χ2v) is 4.27. The molecule has 0 bridgehead atoms. The molecule has 0 saturated heterocycles. The van der Waals surface area contributed by atoms with Gasteiger partial charge in [-0.3, -0.25) is 4.79 Å². The summed E-state index contributed by atoms with van der Waals surface area (Å²) in [5.74, 6) is 0.160. The molecule has 0 aliphatic carbocycles. The Labute approximate surface area is 102 Å². The van der Waals surface area contributed by atoms with Crippen molar-refractivity contribution in [2.75, 3.05) is 14.2 Å². The van der Waals surface area contributed by atoms with E-state index in [4.69, 9.17) is 15.2 Å². The van der Waals surface area contributed by atoms with Crippen LogP contribution in [0.4, 0.5) is 0 Å². The molecule has 2 atom stereocenters. The van der Waals surface area contributed by atoms with Gasteiger partial charge >= 0.3 is 5.97 Å². The average Bonchev–Trinajstić information content (AvgIpc) is 2.36. The van der Waals surface area contributed by atoms with Gasteiger partial charge < -0.3 is 15.2 Å². The highest BCUT2D eigenvalue weighted by molar-refractivity contribution is 5.81. The predicted octanol–water partition coefficient (Wildman–Crippen LogP) is 1.69. The summed E-state index contributed by atoms with van der Waals surface area (Å²) in [6.45, 7) is 3.56. The van der Waals surface area contributed by atoms with Crippen LogP contribution in [0.2, 0.25) is 0 Å². The second kappa shape index (κ2) is 5.19. The first kappa shape index (κ1) is 13.5. The van der Waals surface area contributed by atoms with Crippen molar-refractivity contribution in [2.45, 2.75) is 25.3 Å². The molecule has 0 heterocycles. The number of nitrogens with two attached hydrogens (primary N) is 1. The van der Waals surface area contributed by atoms with Gasteiger partial charge in [-0.1, -0.05) is 19.1 Å². The van der Waals surface area contributed by atoms with Crippen molar-refractivity contribution < 1.29 is 14.3 Å². The van der Waals surface area contributed by atoms with Crippen molar-refractivity contribution in [1.29, 1.82) is 0 Å². The summed E-state index contributed by atoms with van der Waals surface area (Å²) in [6.07, 6.45) is 0. The van der Waals surface area contributed by atoms with Crippen LogP contribution in [-0.2, 0) is 9.53 Å². The summed E-state index contributed by atoms with van der Waals surface area (Å²) in [6, 6.07) is 7.51. The Kier molecular flexibility index (Phi) is 4.12. The Bertz CT molecular complexity index is 401. The van der Waals surface area contributed by atoms with Crippen LogP contribution in [0.25, 0.3) is 0 Å². The molecule has 0 saturated carbocycles. The Hall–Kier alpha value is -1.55. The summed E-state index contributed by atoms with van der Waals surface area (Å²) < 4.78 is 9.87. The number of esters is 1. The lowest BCUT2D eigenvalue weighted by Gasteiger charge is -2.29. The SMILES string of the molecule is COC(=O)C(C)(N)C(C)c1cccc(OC)c1. The molecular weight excluding hydrogens is 218 g/mol. The number of ether oxygens (including phenoxy) is 2. The first-order valence-electron chi connectivity index (χ1n) is 5.44. The number of rotatable bonds is 4. The Morgan fingerprint density at radius 2 is 2.06 bits per heavy atom. The van der Waals surface area contributed by atoms with Gasteiger partial charge in [0.05, 0.1) is 14.2 Å². The molecule has 2 N–H and O–H groups in total. The normalized spacial score (nSPS) is 15.8. The highest BCUT2D eigenvalue weighted by atomic mass is 16.5. The van der Waals surface area contributed by atoms with E-state index in [9.17, 15) is 4.79 Å². The molecule has 1 aromatic carbocycles. The molecule has 1 aromatic rings. The predicted molar refractivity (Wildman–Crippen MR) is 66.0 cm³/mol. The Balaban J connectivity index is 3.02.